The number of hydrogen-bond donors (Lipinski definition) is 1. The summed E-state index contributed by atoms with van der Waals surface area (Å²) >= 11 is 0. The van der Waals surface area contributed by atoms with Crippen LogP contribution in [0.5, 0.6) is 5.75 Å². The average Bonchev–Trinajstić information content (AvgIpc) is 3.46. The molecule has 0 unspecified atom stereocenters. The normalized spacial score (nSPS) is 26.6. The average molecular weight is 436 g/mol. The molecule has 1 aromatic heterocycles. The number of piperidine rings is 1. The molecule has 1 aromatic carbocycles. The molecule has 1 aliphatic carbocycles. The Labute approximate surface area is 189 Å². The Morgan fingerprint density at radius 3 is 2.75 bits per heavy atom. The number of ether oxygens (including phenoxy) is 2. The first kappa shape index (κ1) is 20.2. The lowest BCUT2D eigenvalue weighted by atomic mass is 9.79. The third-order valence-corrected chi connectivity index (χ3v) is 8.27. The molecular formula is C26H33N3O3. The van der Waals surface area contributed by atoms with Crippen molar-refractivity contribution in [3.05, 3.63) is 42.2 Å². The summed E-state index contributed by atoms with van der Waals surface area (Å²) in [6.45, 7) is 2.28. The third-order valence-electron chi connectivity index (χ3n) is 8.27. The molecule has 3 aliphatic heterocycles. The van der Waals surface area contributed by atoms with E-state index in [0.717, 1.165) is 62.3 Å². The highest BCUT2D eigenvalue weighted by molar-refractivity contribution is 5.79. The molecule has 0 bridgehead atoms. The summed E-state index contributed by atoms with van der Waals surface area (Å²) < 4.78 is 14.4. The van der Waals surface area contributed by atoms with Crippen molar-refractivity contribution in [3.63, 3.8) is 0 Å². The molecular weight excluding hydrogens is 402 g/mol. The van der Waals surface area contributed by atoms with Gasteiger partial charge in [0.2, 0.25) is 5.91 Å². The van der Waals surface area contributed by atoms with Crippen molar-refractivity contribution in [1.82, 2.24) is 9.47 Å². The van der Waals surface area contributed by atoms with Gasteiger partial charge >= 0.3 is 0 Å². The van der Waals surface area contributed by atoms with E-state index in [0.29, 0.717) is 12.5 Å². The van der Waals surface area contributed by atoms with Gasteiger partial charge in [0.25, 0.3) is 0 Å². The Bertz CT molecular complexity index is 1020. The summed E-state index contributed by atoms with van der Waals surface area (Å²) in [7, 11) is 1.71. The predicted octanol–water partition coefficient (Wildman–Crippen LogP) is 4.47. The number of carbonyl (C=O) groups is 1. The highest BCUT2D eigenvalue weighted by Gasteiger charge is 2.54. The van der Waals surface area contributed by atoms with E-state index in [4.69, 9.17) is 9.47 Å². The predicted molar refractivity (Wildman–Crippen MR) is 123 cm³/mol. The minimum Gasteiger partial charge on any atom is -0.497 e. The lowest BCUT2D eigenvalue weighted by Gasteiger charge is -2.42. The lowest BCUT2D eigenvalue weighted by molar-refractivity contribution is -0.141. The van der Waals surface area contributed by atoms with Crippen LogP contribution >= 0.6 is 0 Å². The van der Waals surface area contributed by atoms with Crippen LogP contribution in [0.3, 0.4) is 0 Å². The van der Waals surface area contributed by atoms with E-state index in [9.17, 15) is 4.79 Å². The number of likely N-dealkylation sites (tertiary alicyclic amines) is 1. The Morgan fingerprint density at radius 1 is 1.16 bits per heavy atom. The molecule has 1 amide bonds. The van der Waals surface area contributed by atoms with Crippen LogP contribution in [0.1, 0.15) is 57.1 Å². The topological polar surface area (TPSA) is 55.7 Å². The molecule has 6 nitrogen and oxygen atoms in total. The monoisotopic (exact) mass is 435 g/mol. The van der Waals surface area contributed by atoms with Gasteiger partial charge in [0.1, 0.15) is 11.3 Å². The minimum atomic E-state index is -0.252. The molecule has 2 saturated heterocycles. The quantitative estimate of drug-likeness (QED) is 0.756. The van der Waals surface area contributed by atoms with Crippen molar-refractivity contribution in [2.45, 2.75) is 62.5 Å². The van der Waals surface area contributed by atoms with Gasteiger partial charge in [-0.25, -0.2) is 0 Å². The number of aromatic nitrogens is 1. The molecule has 6 rings (SSSR count). The van der Waals surface area contributed by atoms with Crippen LogP contribution in [0.25, 0.3) is 5.69 Å². The first-order valence-electron chi connectivity index (χ1n) is 12.2. The molecule has 3 fully saturated rings. The Balaban J connectivity index is 1.21. The van der Waals surface area contributed by atoms with Crippen LogP contribution in [-0.2, 0) is 15.1 Å². The molecule has 1 N–H and O–H groups in total. The number of rotatable bonds is 2. The smallest absolute Gasteiger partial charge is 0.225 e. The summed E-state index contributed by atoms with van der Waals surface area (Å²) in [6.07, 6.45) is 10.7. The maximum atomic E-state index is 13.0. The van der Waals surface area contributed by atoms with Gasteiger partial charge in [-0.2, -0.15) is 0 Å². The summed E-state index contributed by atoms with van der Waals surface area (Å²) in [5.74, 6) is 1.49. The molecule has 4 heterocycles. The third kappa shape index (κ3) is 3.14. The second-order valence-electron chi connectivity index (χ2n) is 10.2. The molecule has 2 spiro atoms. The minimum absolute atomic E-state index is 0.165. The van der Waals surface area contributed by atoms with E-state index in [1.165, 1.54) is 25.0 Å². The molecule has 4 aliphatic rings. The van der Waals surface area contributed by atoms with E-state index in [2.05, 4.69) is 45.2 Å². The second-order valence-corrected chi connectivity index (χ2v) is 10.2. The fourth-order valence-electron chi connectivity index (χ4n) is 6.49. The van der Waals surface area contributed by atoms with Gasteiger partial charge in [-0.05, 0) is 49.9 Å². The molecule has 0 radical (unpaired) electrons. The summed E-state index contributed by atoms with van der Waals surface area (Å²) in [5.41, 5.74) is 3.07. The second kappa shape index (κ2) is 7.55. The summed E-state index contributed by atoms with van der Waals surface area (Å²) in [4.78, 5) is 15.2. The van der Waals surface area contributed by atoms with Gasteiger partial charge in [-0.1, -0.05) is 19.3 Å². The van der Waals surface area contributed by atoms with E-state index < -0.39 is 0 Å². The van der Waals surface area contributed by atoms with Crippen LogP contribution in [-0.4, -0.2) is 47.8 Å². The Hall–Kier alpha value is -2.47. The molecule has 1 atom stereocenters. The number of hydrogen-bond acceptors (Lipinski definition) is 4. The number of amides is 1. The number of nitrogens with one attached hydrogen (secondary N) is 1. The number of benzene rings is 1. The standard InChI is InChI=1S/C26H33N3O3/c1-31-20-9-10-22-21(16-20)27-26(23-8-5-13-29(22)23)17-25(32-18-26)11-14-28(15-12-25)24(30)19-6-3-2-4-7-19/h5,8-10,13,16,19,27H,2-4,6-7,11-12,14-15,17-18H2,1H3/t26-/m0/s1. The SMILES string of the molecule is COc1ccc2c(c1)N[C@@]1(COC3(CCN(C(=O)C4CCCCC4)CC3)C1)c1cccn1-2. The Kier molecular flexibility index (Phi) is 4.75. The Morgan fingerprint density at radius 2 is 1.97 bits per heavy atom. The van der Waals surface area contributed by atoms with Gasteiger partial charge in [-0.3, -0.25) is 4.79 Å². The first-order chi connectivity index (χ1) is 15.6. The van der Waals surface area contributed by atoms with Crippen molar-refractivity contribution in [3.8, 4) is 11.4 Å². The molecule has 32 heavy (non-hydrogen) atoms. The maximum absolute atomic E-state index is 13.0. The molecule has 170 valence electrons. The lowest BCUT2D eigenvalue weighted by Crippen LogP contribution is -2.49. The number of fused-ring (bicyclic) bond motifs is 4. The zero-order valence-corrected chi connectivity index (χ0v) is 18.9. The van der Waals surface area contributed by atoms with Crippen LogP contribution in [0.4, 0.5) is 5.69 Å². The van der Waals surface area contributed by atoms with Crippen molar-refractivity contribution < 1.29 is 14.3 Å². The zero-order chi connectivity index (χ0) is 21.8. The van der Waals surface area contributed by atoms with Gasteiger partial charge in [0.05, 0.1) is 36.4 Å². The van der Waals surface area contributed by atoms with Crippen LogP contribution < -0.4 is 10.1 Å². The largest absolute Gasteiger partial charge is 0.497 e. The van der Waals surface area contributed by atoms with Gasteiger partial charge in [0.15, 0.2) is 0 Å². The van der Waals surface area contributed by atoms with Crippen LogP contribution in [0.2, 0.25) is 0 Å². The summed E-state index contributed by atoms with van der Waals surface area (Å²) in [5, 5.41) is 3.84. The highest BCUT2D eigenvalue weighted by atomic mass is 16.5. The van der Waals surface area contributed by atoms with Crippen molar-refractivity contribution >= 4 is 11.6 Å². The molecule has 6 heteroatoms. The van der Waals surface area contributed by atoms with Crippen molar-refractivity contribution in [2.75, 3.05) is 32.1 Å². The number of nitrogens with zero attached hydrogens (tertiary/aromatic N) is 2. The summed E-state index contributed by atoms with van der Waals surface area (Å²) in [6, 6.07) is 10.5. The van der Waals surface area contributed by atoms with Crippen LogP contribution in [0, 0.1) is 5.92 Å². The van der Waals surface area contributed by atoms with Crippen molar-refractivity contribution in [2.24, 2.45) is 5.92 Å². The number of methoxy groups -OCH3 is 1. The van der Waals surface area contributed by atoms with Crippen LogP contribution in [0.15, 0.2) is 36.5 Å². The fraction of sp³-hybridized carbons (Fsp3) is 0.577. The number of carbonyl (C=O) groups excluding carboxylic acids is 1. The van der Waals surface area contributed by atoms with Gasteiger partial charge in [0, 0.05) is 37.7 Å². The van der Waals surface area contributed by atoms with Crippen molar-refractivity contribution in [1.29, 1.82) is 0 Å². The fourth-order valence-corrected chi connectivity index (χ4v) is 6.49. The highest BCUT2D eigenvalue weighted by Crippen LogP contribution is 2.50. The van der Waals surface area contributed by atoms with Gasteiger partial charge in [-0.15, -0.1) is 0 Å². The van der Waals surface area contributed by atoms with E-state index in [1.54, 1.807) is 7.11 Å². The van der Waals surface area contributed by atoms with E-state index >= 15 is 0 Å². The molecule has 2 aromatic rings. The maximum Gasteiger partial charge on any atom is 0.225 e. The zero-order valence-electron chi connectivity index (χ0n) is 18.9. The van der Waals surface area contributed by atoms with Gasteiger partial charge < -0.3 is 24.3 Å². The van der Waals surface area contributed by atoms with E-state index in [-0.39, 0.29) is 17.1 Å². The van der Waals surface area contributed by atoms with E-state index in [1.807, 2.05) is 6.07 Å². The molecule has 1 saturated carbocycles. The first-order valence-corrected chi connectivity index (χ1v) is 12.2. The number of anilines is 1.